The topological polar surface area (TPSA) is 73.9 Å². The Hall–Kier alpha value is -3.80. The third-order valence-corrected chi connectivity index (χ3v) is 4.48. The lowest BCUT2D eigenvalue weighted by Crippen LogP contribution is -2.26. The highest BCUT2D eigenvalue weighted by atomic mass is 16.5. The monoisotopic (exact) mass is 405 g/mol. The van der Waals surface area contributed by atoms with Gasteiger partial charge >= 0.3 is 5.97 Å². The molecule has 0 aliphatic rings. The summed E-state index contributed by atoms with van der Waals surface area (Å²) in [4.78, 5) is 25.9. The smallest absolute Gasteiger partial charge is 0.339 e. The van der Waals surface area contributed by atoms with Crippen molar-refractivity contribution in [3.05, 3.63) is 89.5 Å². The van der Waals surface area contributed by atoms with Crippen molar-refractivity contribution in [3.8, 4) is 11.5 Å². The number of nitrogens with one attached hydrogen (secondary N) is 1. The van der Waals surface area contributed by atoms with Crippen molar-refractivity contribution in [1.82, 2.24) is 0 Å². The van der Waals surface area contributed by atoms with E-state index in [1.54, 1.807) is 60.7 Å². The molecule has 30 heavy (non-hydrogen) atoms. The second kappa shape index (κ2) is 9.60. The number of ether oxygens (including phenoxy) is 3. The van der Waals surface area contributed by atoms with Gasteiger partial charge in [-0.25, -0.2) is 4.79 Å². The van der Waals surface area contributed by atoms with Gasteiger partial charge in [-0.15, -0.1) is 0 Å². The van der Waals surface area contributed by atoms with E-state index < -0.39 is 18.0 Å². The number of amides is 1. The molecule has 0 spiro atoms. The lowest BCUT2D eigenvalue weighted by atomic mass is 10.1. The predicted molar refractivity (Wildman–Crippen MR) is 114 cm³/mol. The fourth-order valence-corrected chi connectivity index (χ4v) is 2.94. The molecule has 1 unspecified atom stereocenters. The molecule has 6 heteroatoms. The Morgan fingerprint density at radius 3 is 2.33 bits per heavy atom. The first-order valence-electron chi connectivity index (χ1n) is 9.37. The van der Waals surface area contributed by atoms with Crippen LogP contribution in [0.15, 0.2) is 72.8 Å². The Labute approximate surface area is 175 Å². The van der Waals surface area contributed by atoms with Gasteiger partial charge < -0.3 is 19.5 Å². The minimum Gasteiger partial charge on any atom is -0.497 e. The lowest BCUT2D eigenvalue weighted by Gasteiger charge is -2.19. The van der Waals surface area contributed by atoms with Crippen LogP contribution >= 0.6 is 0 Å². The standard InChI is InChI=1S/C24H23NO5/c1-16-12-13-21(29-3)20(14-16)25-23(26)22(17-8-5-4-6-9-17)30-24(27)18-10-7-11-19(15-18)28-2/h4-15,22H,1-3H3,(H,25,26). The van der Waals surface area contributed by atoms with Crippen LogP contribution in [0.2, 0.25) is 0 Å². The first kappa shape index (κ1) is 20.9. The number of aryl methyl sites for hydroxylation is 1. The average molecular weight is 405 g/mol. The maximum atomic E-state index is 13.1. The number of methoxy groups -OCH3 is 2. The average Bonchev–Trinajstić information content (AvgIpc) is 2.78. The van der Waals surface area contributed by atoms with E-state index in [9.17, 15) is 9.59 Å². The molecule has 3 rings (SSSR count). The molecular formula is C24H23NO5. The molecule has 1 amide bonds. The SMILES string of the molecule is COc1cccc(C(=O)OC(C(=O)Nc2cc(C)ccc2OC)c2ccccc2)c1. The molecule has 0 saturated heterocycles. The molecule has 0 aromatic heterocycles. The van der Waals surface area contributed by atoms with Crippen molar-refractivity contribution < 1.29 is 23.8 Å². The van der Waals surface area contributed by atoms with Crippen LogP contribution < -0.4 is 14.8 Å². The maximum absolute atomic E-state index is 13.1. The molecule has 0 aliphatic heterocycles. The van der Waals surface area contributed by atoms with Gasteiger partial charge in [0.05, 0.1) is 25.5 Å². The van der Waals surface area contributed by atoms with Crippen molar-refractivity contribution in [2.24, 2.45) is 0 Å². The summed E-state index contributed by atoms with van der Waals surface area (Å²) in [6.07, 6.45) is -1.14. The number of carbonyl (C=O) groups is 2. The predicted octanol–water partition coefficient (Wildman–Crippen LogP) is 4.55. The number of esters is 1. The summed E-state index contributed by atoms with van der Waals surface area (Å²) in [7, 11) is 3.04. The number of rotatable bonds is 7. The minimum absolute atomic E-state index is 0.288. The first-order chi connectivity index (χ1) is 14.5. The summed E-state index contributed by atoms with van der Waals surface area (Å²) in [6.45, 7) is 1.91. The van der Waals surface area contributed by atoms with Gasteiger partial charge in [-0.1, -0.05) is 42.5 Å². The zero-order chi connectivity index (χ0) is 21.5. The van der Waals surface area contributed by atoms with E-state index in [-0.39, 0.29) is 5.56 Å². The van der Waals surface area contributed by atoms with Crippen LogP contribution in [0.4, 0.5) is 5.69 Å². The van der Waals surface area contributed by atoms with Gasteiger partial charge in [0.1, 0.15) is 11.5 Å². The molecule has 3 aromatic carbocycles. The van der Waals surface area contributed by atoms with E-state index in [4.69, 9.17) is 14.2 Å². The van der Waals surface area contributed by atoms with Crippen LogP contribution in [0.5, 0.6) is 11.5 Å². The highest BCUT2D eigenvalue weighted by Gasteiger charge is 2.26. The zero-order valence-electron chi connectivity index (χ0n) is 17.0. The molecule has 1 atom stereocenters. The summed E-state index contributed by atoms with van der Waals surface area (Å²) in [5.74, 6) is -0.0787. The van der Waals surface area contributed by atoms with Crippen molar-refractivity contribution in [2.75, 3.05) is 19.5 Å². The number of hydrogen-bond donors (Lipinski definition) is 1. The Morgan fingerprint density at radius 1 is 0.867 bits per heavy atom. The largest absolute Gasteiger partial charge is 0.497 e. The zero-order valence-corrected chi connectivity index (χ0v) is 17.0. The molecule has 0 heterocycles. The van der Waals surface area contributed by atoms with Crippen LogP contribution in [-0.4, -0.2) is 26.1 Å². The third kappa shape index (κ3) is 4.97. The lowest BCUT2D eigenvalue weighted by molar-refractivity contribution is -0.125. The second-order valence-electron chi connectivity index (χ2n) is 6.62. The van der Waals surface area contributed by atoms with Crippen LogP contribution in [0.1, 0.15) is 27.6 Å². The fourth-order valence-electron chi connectivity index (χ4n) is 2.94. The van der Waals surface area contributed by atoms with Gasteiger partial charge in [0, 0.05) is 5.56 Å². The molecule has 6 nitrogen and oxygen atoms in total. The summed E-state index contributed by atoms with van der Waals surface area (Å²) >= 11 is 0. The van der Waals surface area contributed by atoms with Crippen molar-refractivity contribution in [3.63, 3.8) is 0 Å². The highest BCUT2D eigenvalue weighted by molar-refractivity contribution is 5.99. The molecule has 0 radical (unpaired) electrons. The summed E-state index contributed by atoms with van der Waals surface area (Å²) in [5.41, 5.74) is 2.30. The van der Waals surface area contributed by atoms with Gasteiger partial charge in [0.15, 0.2) is 0 Å². The molecule has 0 bridgehead atoms. The van der Waals surface area contributed by atoms with Crippen LogP contribution in [0.3, 0.4) is 0 Å². The number of benzene rings is 3. The van der Waals surface area contributed by atoms with E-state index in [0.717, 1.165) is 5.56 Å². The quantitative estimate of drug-likeness (QED) is 0.584. The van der Waals surface area contributed by atoms with Crippen molar-refractivity contribution in [1.29, 1.82) is 0 Å². The van der Waals surface area contributed by atoms with Gasteiger partial charge in [0.25, 0.3) is 5.91 Å². The minimum atomic E-state index is -1.14. The Kier molecular flexibility index (Phi) is 6.70. The molecule has 0 fully saturated rings. The maximum Gasteiger partial charge on any atom is 0.339 e. The highest BCUT2D eigenvalue weighted by Crippen LogP contribution is 2.28. The van der Waals surface area contributed by atoms with Crippen LogP contribution in [0, 0.1) is 6.92 Å². The van der Waals surface area contributed by atoms with Gasteiger partial charge in [0.2, 0.25) is 6.10 Å². The normalized spacial score (nSPS) is 11.3. The molecule has 0 aliphatic carbocycles. The number of anilines is 1. The van der Waals surface area contributed by atoms with Crippen molar-refractivity contribution in [2.45, 2.75) is 13.0 Å². The third-order valence-electron chi connectivity index (χ3n) is 4.48. The summed E-state index contributed by atoms with van der Waals surface area (Å²) in [6, 6.07) is 20.9. The van der Waals surface area contributed by atoms with E-state index in [0.29, 0.717) is 22.7 Å². The van der Waals surface area contributed by atoms with E-state index in [2.05, 4.69) is 5.32 Å². The van der Waals surface area contributed by atoms with Crippen LogP contribution in [-0.2, 0) is 9.53 Å². The van der Waals surface area contributed by atoms with E-state index >= 15 is 0 Å². The van der Waals surface area contributed by atoms with Gasteiger partial charge in [-0.05, 0) is 42.8 Å². The van der Waals surface area contributed by atoms with Gasteiger partial charge in [-0.3, -0.25) is 4.79 Å². The Bertz CT molecular complexity index is 1030. The molecular weight excluding hydrogens is 382 g/mol. The Morgan fingerprint density at radius 2 is 1.63 bits per heavy atom. The van der Waals surface area contributed by atoms with Crippen molar-refractivity contribution >= 4 is 17.6 Å². The molecule has 1 N–H and O–H groups in total. The Balaban J connectivity index is 1.88. The number of hydrogen-bond acceptors (Lipinski definition) is 5. The fraction of sp³-hybridized carbons (Fsp3) is 0.167. The van der Waals surface area contributed by atoms with E-state index in [1.807, 2.05) is 19.1 Å². The number of carbonyl (C=O) groups excluding carboxylic acids is 2. The van der Waals surface area contributed by atoms with Gasteiger partial charge in [-0.2, -0.15) is 0 Å². The molecule has 154 valence electrons. The second-order valence-corrected chi connectivity index (χ2v) is 6.62. The molecule has 0 saturated carbocycles. The summed E-state index contributed by atoms with van der Waals surface area (Å²) in [5, 5.41) is 2.81. The summed E-state index contributed by atoms with van der Waals surface area (Å²) < 4.78 is 16.1. The van der Waals surface area contributed by atoms with E-state index in [1.165, 1.54) is 14.2 Å². The first-order valence-corrected chi connectivity index (χ1v) is 9.37. The molecule has 3 aromatic rings. The van der Waals surface area contributed by atoms with Crippen LogP contribution in [0.25, 0.3) is 0 Å².